The average Bonchev–Trinajstić information content (AvgIpc) is 2.53. The molecule has 0 spiro atoms. The van der Waals surface area contributed by atoms with Gasteiger partial charge in [0.05, 0.1) is 12.3 Å². The lowest BCUT2D eigenvalue weighted by Gasteiger charge is -2.19. The van der Waals surface area contributed by atoms with Gasteiger partial charge in [-0.2, -0.15) is 0 Å². The molecule has 1 aromatic rings. The number of carbonyl (C=O) groups excluding carboxylic acids is 1. The van der Waals surface area contributed by atoms with Gasteiger partial charge in [-0.25, -0.2) is 0 Å². The van der Waals surface area contributed by atoms with E-state index < -0.39 is 0 Å². The van der Waals surface area contributed by atoms with Crippen LogP contribution in [0, 0.1) is 0 Å². The molecule has 0 fully saturated rings. The van der Waals surface area contributed by atoms with Crippen LogP contribution < -0.4 is 4.90 Å². The molecule has 2 rings (SSSR count). The third kappa shape index (κ3) is 2.72. The van der Waals surface area contributed by atoms with Crippen molar-refractivity contribution in [2.45, 2.75) is 6.92 Å². The van der Waals surface area contributed by atoms with Gasteiger partial charge >= 0.3 is 5.97 Å². The normalized spacial score (nSPS) is 13.1. The van der Waals surface area contributed by atoms with Crippen LogP contribution in [-0.4, -0.2) is 25.3 Å². The Labute approximate surface area is 100 Å². The van der Waals surface area contributed by atoms with Crippen molar-refractivity contribution in [2.24, 2.45) is 4.99 Å². The van der Waals surface area contributed by atoms with E-state index in [1.165, 1.54) is 0 Å². The molecule has 88 valence electrons. The lowest BCUT2D eigenvalue weighted by Crippen LogP contribution is -2.26. The molecule has 17 heavy (non-hydrogen) atoms. The van der Waals surface area contributed by atoms with Crippen LogP contribution in [0.15, 0.2) is 41.7 Å². The quantitative estimate of drug-likeness (QED) is 0.745. The highest BCUT2D eigenvalue weighted by Crippen LogP contribution is 2.21. The number of benzene rings is 1. The molecule has 0 atom stereocenters. The van der Waals surface area contributed by atoms with Crippen molar-refractivity contribution >= 4 is 17.9 Å². The zero-order chi connectivity index (χ0) is 12.1. The molecule has 1 heterocycles. The minimum Gasteiger partial charge on any atom is -0.465 e. The Hall–Kier alpha value is -2.10. The van der Waals surface area contributed by atoms with Gasteiger partial charge in [0, 0.05) is 24.2 Å². The Morgan fingerprint density at radius 2 is 2.24 bits per heavy atom. The number of nitrogens with zero attached hydrogens (tertiary/aromatic N) is 2. The zero-order valence-corrected chi connectivity index (χ0v) is 9.67. The maximum absolute atomic E-state index is 11.5. The number of anilines is 1. The van der Waals surface area contributed by atoms with Crippen molar-refractivity contribution in [3.05, 3.63) is 42.2 Å². The van der Waals surface area contributed by atoms with E-state index in [0.29, 0.717) is 6.61 Å². The lowest BCUT2D eigenvalue weighted by molar-refractivity contribution is -0.141. The van der Waals surface area contributed by atoms with Crippen LogP contribution in [0.4, 0.5) is 5.69 Å². The second-order valence-electron chi connectivity index (χ2n) is 3.57. The van der Waals surface area contributed by atoms with Gasteiger partial charge in [0.15, 0.2) is 0 Å². The zero-order valence-electron chi connectivity index (χ0n) is 9.67. The number of carbonyl (C=O) groups is 1. The first-order valence-corrected chi connectivity index (χ1v) is 5.52. The van der Waals surface area contributed by atoms with Crippen LogP contribution in [0.1, 0.15) is 12.5 Å². The summed E-state index contributed by atoms with van der Waals surface area (Å²) in [6.07, 6.45) is 5.22. The molecule has 0 radical (unpaired) electrons. The van der Waals surface area contributed by atoms with Crippen molar-refractivity contribution in [3.63, 3.8) is 0 Å². The molecule has 0 unspecified atom stereocenters. The minimum absolute atomic E-state index is 0.199. The Bertz CT molecular complexity index is 466. The van der Waals surface area contributed by atoms with Gasteiger partial charge in [-0.15, -0.1) is 0 Å². The maximum atomic E-state index is 11.5. The van der Waals surface area contributed by atoms with Crippen LogP contribution in [-0.2, 0) is 9.53 Å². The fourth-order valence-electron chi connectivity index (χ4n) is 1.66. The molecule has 1 aliphatic heterocycles. The number of hydrogen-bond donors (Lipinski definition) is 0. The van der Waals surface area contributed by atoms with Crippen molar-refractivity contribution in [1.29, 1.82) is 0 Å². The predicted octanol–water partition coefficient (Wildman–Crippen LogP) is 1.96. The Morgan fingerprint density at radius 3 is 3.06 bits per heavy atom. The molecule has 4 nitrogen and oxygen atoms in total. The molecular formula is C13H14N2O2. The van der Waals surface area contributed by atoms with Crippen LogP contribution >= 0.6 is 0 Å². The van der Waals surface area contributed by atoms with E-state index in [1.54, 1.807) is 25.5 Å². The van der Waals surface area contributed by atoms with Crippen LogP contribution in [0.2, 0.25) is 0 Å². The molecule has 1 aliphatic rings. The highest BCUT2D eigenvalue weighted by atomic mass is 16.5. The molecule has 0 amide bonds. The van der Waals surface area contributed by atoms with Gasteiger partial charge in [0.25, 0.3) is 0 Å². The fraction of sp³-hybridized carbons (Fsp3) is 0.231. The van der Waals surface area contributed by atoms with Crippen molar-refractivity contribution < 1.29 is 9.53 Å². The molecular weight excluding hydrogens is 216 g/mol. The summed E-state index contributed by atoms with van der Waals surface area (Å²) in [4.78, 5) is 17.4. The van der Waals surface area contributed by atoms with Gasteiger partial charge in [-0.1, -0.05) is 18.2 Å². The third-order valence-electron chi connectivity index (χ3n) is 2.40. The van der Waals surface area contributed by atoms with Gasteiger partial charge in [0.2, 0.25) is 0 Å². The largest absolute Gasteiger partial charge is 0.465 e. The van der Waals surface area contributed by atoms with E-state index in [9.17, 15) is 4.79 Å². The molecule has 1 aromatic carbocycles. The summed E-state index contributed by atoms with van der Waals surface area (Å²) in [5, 5.41) is 0. The first kappa shape index (κ1) is 11.4. The topological polar surface area (TPSA) is 41.9 Å². The monoisotopic (exact) mass is 230 g/mol. The second-order valence-corrected chi connectivity index (χ2v) is 3.57. The Balaban J connectivity index is 2.22. The molecule has 0 saturated carbocycles. The lowest BCUT2D eigenvalue weighted by atomic mass is 10.2. The van der Waals surface area contributed by atoms with Crippen molar-refractivity contribution in [3.8, 4) is 0 Å². The third-order valence-corrected chi connectivity index (χ3v) is 2.40. The maximum Gasteiger partial charge on any atom is 0.325 e. The summed E-state index contributed by atoms with van der Waals surface area (Å²) in [5.74, 6) is -0.242. The number of fused-ring (bicyclic) bond motifs is 1. The standard InChI is InChI=1S/C13H14N2O2/c1-2-17-13(16)10-15-8-7-14-9-11-5-3-4-6-12(11)15/h3-9H,2,10H2,1H3. The molecule has 4 heteroatoms. The summed E-state index contributed by atoms with van der Waals surface area (Å²) < 4.78 is 4.95. The number of hydrogen-bond acceptors (Lipinski definition) is 4. The summed E-state index contributed by atoms with van der Waals surface area (Å²) >= 11 is 0. The second kappa shape index (κ2) is 5.30. The summed E-state index contributed by atoms with van der Waals surface area (Å²) in [5.41, 5.74) is 1.94. The van der Waals surface area contributed by atoms with Gasteiger partial charge in [-0.3, -0.25) is 9.79 Å². The van der Waals surface area contributed by atoms with E-state index in [-0.39, 0.29) is 12.5 Å². The van der Waals surface area contributed by atoms with E-state index in [2.05, 4.69) is 4.99 Å². The first-order valence-electron chi connectivity index (χ1n) is 5.52. The molecule has 0 saturated heterocycles. The Morgan fingerprint density at radius 1 is 1.41 bits per heavy atom. The first-order chi connectivity index (χ1) is 8.31. The summed E-state index contributed by atoms with van der Waals surface area (Å²) in [7, 11) is 0. The van der Waals surface area contributed by atoms with Crippen LogP contribution in [0.5, 0.6) is 0 Å². The fourth-order valence-corrected chi connectivity index (χ4v) is 1.66. The van der Waals surface area contributed by atoms with Crippen molar-refractivity contribution in [1.82, 2.24) is 0 Å². The molecule has 0 aliphatic carbocycles. The number of esters is 1. The van der Waals surface area contributed by atoms with E-state index >= 15 is 0 Å². The predicted molar refractivity (Wildman–Crippen MR) is 67.2 cm³/mol. The van der Waals surface area contributed by atoms with Gasteiger partial charge in [0.1, 0.15) is 6.54 Å². The molecule has 0 aromatic heterocycles. The summed E-state index contributed by atoms with van der Waals surface area (Å²) in [6.45, 7) is 2.40. The van der Waals surface area contributed by atoms with Crippen LogP contribution in [0.3, 0.4) is 0 Å². The molecule has 0 N–H and O–H groups in total. The Kier molecular flexibility index (Phi) is 3.55. The highest BCUT2D eigenvalue weighted by Gasteiger charge is 2.13. The smallest absolute Gasteiger partial charge is 0.325 e. The van der Waals surface area contributed by atoms with E-state index in [4.69, 9.17) is 4.74 Å². The number of rotatable bonds is 3. The average molecular weight is 230 g/mol. The van der Waals surface area contributed by atoms with Crippen LogP contribution in [0.25, 0.3) is 0 Å². The number of para-hydroxylation sites is 1. The van der Waals surface area contributed by atoms with Gasteiger partial charge < -0.3 is 9.64 Å². The van der Waals surface area contributed by atoms with E-state index in [1.807, 2.05) is 29.2 Å². The molecule has 0 bridgehead atoms. The number of ether oxygens (including phenoxy) is 1. The number of aliphatic imine (C=N–C) groups is 1. The SMILES string of the molecule is CCOC(=O)CN1C=CN=Cc2ccccc21. The van der Waals surface area contributed by atoms with E-state index in [0.717, 1.165) is 11.3 Å². The van der Waals surface area contributed by atoms with Gasteiger partial charge in [-0.05, 0) is 13.0 Å². The minimum atomic E-state index is -0.242. The highest BCUT2D eigenvalue weighted by molar-refractivity contribution is 5.91. The van der Waals surface area contributed by atoms with Crippen molar-refractivity contribution in [2.75, 3.05) is 18.1 Å². The summed E-state index contributed by atoms with van der Waals surface area (Å²) in [6, 6.07) is 7.79.